The van der Waals surface area contributed by atoms with E-state index in [1.807, 2.05) is 66.9 Å². The lowest BCUT2D eigenvalue weighted by Crippen LogP contribution is -2.36. The highest BCUT2D eigenvalue weighted by molar-refractivity contribution is 6.16. The van der Waals surface area contributed by atoms with E-state index >= 15 is 0 Å². The Bertz CT molecular complexity index is 4740. The molecule has 0 radical (unpaired) electrons. The molecule has 4 aliphatic heterocycles. The van der Waals surface area contributed by atoms with Gasteiger partial charge in [-0.3, -0.25) is 48.7 Å². The zero-order chi connectivity index (χ0) is 82.0. The van der Waals surface area contributed by atoms with Crippen LogP contribution in [0.2, 0.25) is 0 Å². The van der Waals surface area contributed by atoms with E-state index in [2.05, 4.69) is 63.8 Å². The standard InChI is InChI=1S/C23H28N2O4.C20H22N2O3.C20H20N2O3.C14H17NO3.C6H5NO.C3F6O/c1-23(2,27)18-9-15(13-24-14-18)8-17-10-16-11-20(25-4-6-29-7-5-25)21(28-3)12-19(16)22(17)26;2*1-24-19-12-17-15(11-18(19)22-5-7-25-8-6-22)10-16(20(17)23)9-14-3-2-4-21-13-14;1-17-14-9-11-10(2-3-13(11)16)8-12(14)15-4-6-18-7-5-15;8-5-6-2-1-3-7-4-6;4-2(5,6)1(10)3(7,8)9/h9,11-14,17,27H,4-8,10H2,1-3H3;2-4,11-13,16H,5-10H2,1H3;2-4,9,11-13H,5-8,10H2,1H3;8-9H,2-7H2,1H3;1-5H;/b;;16-9+;;;. The van der Waals surface area contributed by atoms with Crippen molar-refractivity contribution >= 4 is 64.0 Å². The van der Waals surface area contributed by atoms with Crippen molar-refractivity contribution in [2.24, 2.45) is 11.8 Å². The van der Waals surface area contributed by atoms with Crippen molar-refractivity contribution in [1.82, 2.24) is 19.9 Å². The number of rotatable bonds is 15. The van der Waals surface area contributed by atoms with E-state index in [9.17, 15) is 60.2 Å². The summed E-state index contributed by atoms with van der Waals surface area (Å²) in [5.74, 6) is -0.0741. The number of pyridine rings is 4. The number of methoxy groups -OCH3 is 4. The topological polar surface area (TPSA) is 261 Å². The Morgan fingerprint density at radius 3 is 1.25 bits per heavy atom. The molecule has 16 rings (SSSR count). The van der Waals surface area contributed by atoms with Gasteiger partial charge in [-0.2, -0.15) is 26.3 Å². The average molecular weight is 1590 g/mol. The summed E-state index contributed by atoms with van der Waals surface area (Å²) in [6.45, 7) is 16.0. The van der Waals surface area contributed by atoms with Crippen LogP contribution in [0.15, 0.2) is 146 Å². The Morgan fingerprint density at radius 2 is 0.870 bits per heavy atom. The van der Waals surface area contributed by atoms with E-state index in [4.69, 9.17) is 37.9 Å². The molecule has 4 aromatic heterocycles. The van der Waals surface area contributed by atoms with E-state index in [1.54, 1.807) is 91.6 Å². The minimum Gasteiger partial charge on any atom is -0.495 e. The predicted molar refractivity (Wildman–Crippen MR) is 418 cm³/mol. The number of aryl methyl sites for hydroxylation is 1. The molecule has 2 atom stereocenters. The van der Waals surface area contributed by atoms with Crippen molar-refractivity contribution in [3.8, 4) is 23.0 Å². The number of carbonyl (C=O) groups is 6. The number of fused-ring (bicyclic) bond motifs is 4. The predicted octanol–water partition coefficient (Wildman–Crippen LogP) is 12.3. The number of anilines is 4. The first kappa shape index (κ1) is 84.9. The van der Waals surface area contributed by atoms with Gasteiger partial charge in [0.2, 0.25) is 0 Å². The van der Waals surface area contributed by atoms with Gasteiger partial charge in [0, 0.05) is 166 Å². The molecule has 4 fully saturated rings. The first-order valence-corrected chi connectivity index (χ1v) is 37.8. The summed E-state index contributed by atoms with van der Waals surface area (Å²) in [5, 5.41) is 10.2. The highest BCUT2D eigenvalue weighted by Crippen LogP contribution is 2.43. The third kappa shape index (κ3) is 21.7. The van der Waals surface area contributed by atoms with Crippen molar-refractivity contribution in [2.45, 2.75) is 76.7 Å². The van der Waals surface area contributed by atoms with Gasteiger partial charge >= 0.3 is 18.1 Å². The van der Waals surface area contributed by atoms with Gasteiger partial charge in [-0.25, -0.2) is 0 Å². The van der Waals surface area contributed by atoms with Gasteiger partial charge in [0.25, 0.3) is 0 Å². The van der Waals surface area contributed by atoms with E-state index in [1.165, 1.54) is 6.20 Å². The number of alkyl halides is 6. The molecule has 0 spiro atoms. The van der Waals surface area contributed by atoms with Crippen molar-refractivity contribution in [2.75, 3.05) is 153 Å². The number of aromatic nitrogens is 4. The quantitative estimate of drug-likeness (QED) is 0.0568. The highest BCUT2D eigenvalue weighted by atomic mass is 19.4. The summed E-state index contributed by atoms with van der Waals surface area (Å²) in [5.41, 5.74) is 16.0. The Labute approximate surface area is 662 Å². The number of nitrogens with zero attached hydrogens (tertiary/aromatic N) is 8. The van der Waals surface area contributed by atoms with Gasteiger partial charge in [-0.15, -0.1) is 0 Å². The highest BCUT2D eigenvalue weighted by Gasteiger charge is 2.56. The zero-order valence-electron chi connectivity index (χ0n) is 64.9. The third-order valence-corrected chi connectivity index (χ3v) is 20.6. The molecule has 8 aliphatic rings. The molecule has 0 amide bonds. The number of halogens is 6. The molecule has 2 unspecified atom stereocenters. The molecule has 8 aromatic rings. The number of morpholine rings is 4. The van der Waals surface area contributed by atoms with Crippen LogP contribution in [0.1, 0.15) is 117 Å². The second kappa shape index (κ2) is 38.9. The minimum atomic E-state index is -5.82. The largest absolute Gasteiger partial charge is 0.495 e. The maximum atomic E-state index is 13.1. The molecule has 0 bridgehead atoms. The molecular weight excluding hydrogens is 1500 g/mol. The van der Waals surface area contributed by atoms with Crippen LogP contribution < -0.4 is 38.5 Å². The number of ether oxygens (including phenoxy) is 8. The molecule has 115 heavy (non-hydrogen) atoms. The lowest BCUT2D eigenvalue weighted by Gasteiger charge is -2.30. The number of ketones is 5. The first-order valence-electron chi connectivity index (χ1n) is 37.8. The van der Waals surface area contributed by atoms with Gasteiger partial charge < -0.3 is 62.6 Å². The van der Waals surface area contributed by atoms with Gasteiger partial charge in [0.1, 0.15) is 23.0 Å². The number of carbonyl (C=O) groups excluding carboxylic acids is 6. The van der Waals surface area contributed by atoms with Crippen LogP contribution >= 0.6 is 0 Å². The maximum Gasteiger partial charge on any atom is 0.459 e. The van der Waals surface area contributed by atoms with E-state index < -0.39 is 23.7 Å². The average Bonchev–Trinajstić information content (AvgIpc) is 1.65. The summed E-state index contributed by atoms with van der Waals surface area (Å²) < 4.78 is 109. The lowest BCUT2D eigenvalue weighted by molar-refractivity contribution is -0.217. The first-order chi connectivity index (χ1) is 55.3. The van der Waals surface area contributed by atoms with Crippen LogP contribution in [0.3, 0.4) is 0 Å². The molecule has 4 saturated heterocycles. The zero-order valence-corrected chi connectivity index (χ0v) is 64.9. The molecule has 0 saturated carbocycles. The number of aldehydes is 1. The Hall–Kier alpha value is -11.0. The van der Waals surface area contributed by atoms with Crippen LogP contribution in [0, 0.1) is 11.8 Å². The van der Waals surface area contributed by atoms with E-state index in [0.717, 1.165) is 222 Å². The maximum absolute atomic E-state index is 13.1. The van der Waals surface area contributed by atoms with Gasteiger partial charge in [0.05, 0.1) is 110 Å². The fourth-order valence-corrected chi connectivity index (χ4v) is 14.7. The summed E-state index contributed by atoms with van der Waals surface area (Å²) in [4.78, 5) is 95.0. The normalized spacial score (nSPS) is 17.9. The summed E-state index contributed by atoms with van der Waals surface area (Å²) in [6, 6.07) is 29.2. The SMILES string of the molecule is COc1cc2c(cc1N1CCOCC1)C/C(=C\c1cccnc1)C2=O.COc1cc2c(cc1N1CCOCC1)CC(Cc1cccnc1)C2=O.COc1cc2c(cc1N1CCOCC1)CC(Cc1cncc(C(C)(C)O)c1)C2=O.COc1cc2c(cc1N1CCOCC1)CCC2=O.O=C(C(F)(F)F)C(F)(F)F.O=Cc1cccnc1. The molecule has 8 heterocycles. The van der Waals surface area contributed by atoms with Crippen molar-refractivity contribution in [3.05, 3.63) is 218 Å². The number of Topliss-reactive ketones (excluding diaryl/α,β-unsaturated/α-hetero) is 5. The van der Waals surface area contributed by atoms with Crippen LogP contribution in [-0.4, -0.2) is 206 Å². The summed E-state index contributed by atoms with van der Waals surface area (Å²) >= 11 is 0. The van der Waals surface area contributed by atoms with Gasteiger partial charge in [0.15, 0.2) is 29.4 Å². The summed E-state index contributed by atoms with van der Waals surface area (Å²) in [6.07, 6.45) is 9.73. The van der Waals surface area contributed by atoms with E-state index in [0.29, 0.717) is 57.7 Å². The Balaban J connectivity index is 0.000000142. The van der Waals surface area contributed by atoms with Crippen LogP contribution in [-0.2, 0) is 67.9 Å². The van der Waals surface area contributed by atoms with Gasteiger partial charge in [-0.1, -0.05) is 12.1 Å². The summed E-state index contributed by atoms with van der Waals surface area (Å²) in [7, 11) is 6.62. The monoisotopic (exact) mass is 1590 g/mol. The minimum absolute atomic E-state index is 0.0103. The second-order valence-electron chi connectivity index (χ2n) is 28.7. The van der Waals surface area contributed by atoms with E-state index in [-0.39, 0.29) is 35.0 Å². The Morgan fingerprint density at radius 1 is 0.478 bits per heavy atom. The third-order valence-electron chi connectivity index (χ3n) is 20.6. The lowest BCUT2D eigenvalue weighted by atomic mass is 9.93. The van der Waals surface area contributed by atoms with Gasteiger partial charge in [-0.05, 0) is 170 Å². The molecule has 29 heteroatoms. The number of allylic oxidation sites excluding steroid dienone is 1. The van der Waals surface area contributed by atoms with Crippen molar-refractivity contribution < 1.29 is 98.1 Å². The molecular formula is C86H92F6N8O15. The fraction of sp³-hybridized carbons (Fsp3) is 0.395. The molecule has 1 N–H and O–H groups in total. The smallest absolute Gasteiger partial charge is 0.459 e. The number of hydrogen-bond acceptors (Lipinski definition) is 23. The molecule has 4 aromatic carbocycles. The molecule has 23 nitrogen and oxygen atoms in total. The number of benzene rings is 4. The number of hydrogen-bond donors (Lipinski definition) is 1. The second-order valence-corrected chi connectivity index (χ2v) is 28.7. The van der Waals surface area contributed by atoms with Crippen LogP contribution in [0.25, 0.3) is 6.08 Å². The number of aliphatic hydroxyl groups is 1. The molecule has 4 aliphatic carbocycles. The van der Waals surface area contributed by atoms with Crippen molar-refractivity contribution in [1.29, 1.82) is 0 Å². The molecule has 608 valence electrons. The fourth-order valence-electron chi connectivity index (χ4n) is 14.7. The Kier molecular flexibility index (Phi) is 28.7. The van der Waals surface area contributed by atoms with Crippen LogP contribution in [0.5, 0.6) is 23.0 Å². The van der Waals surface area contributed by atoms with Crippen LogP contribution in [0.4, 0.5) is 49.1 Å². The van der Waals surface area contributed by atoms with Crippen molar-refractivity contribution in [3.63, 3.8) is 0 Å².